The summed E-state index contributed by atoms with van der Waals surface area (Å²) < 4.78 is 7.93. The number of nitrogens with zero attached hydrogens (tertiary/aromatic N) is 3. The van der Waals surface area contributed by atoms with Crippen LogP contribution in [-0.4, -0.2) is 22.5 Å². The van der Waals surface area contributed by atoms with E-state index >= 15 is 0 Å². The average molecular weight is 347 g/mol. The van der Waals surface area contributed by atoms with E-state index in [1.54, 1.807) is 11.1 Å². The second-order valence-corrected chi connectivity index (χ2v) is 6.53. The topological polar surface area (TPSA) is 47.4 Å². The van der Waals surface area contributed by atoms with Crippen LogP contribution in [0, 0.1) is 5.92 Å². The molecule has 2 aromatic carbocycles. The minimum Gasteiger partial charge on any atom is -0.457 e. The summed E-state index contributed by atoms with van der Waals surface area (Å²) in [6, 6.07) is 17.3. The van der Waals surface area contributed by atoms with Gasteiger partial charge in [0.25, 0.3) is 0 Å². The van der Waals surface area contributed by atoms with Gasteiger partial charge in [0.1, 0.15) is 17.3 Å². The van der Waals surface area contributed by atoms with E-state index in [2.05, 4.69) is 9.55 Å². The zero-order valence-corrected chi connectivity index (χ0v) is 14.7. The Kier molecular flexibility index (Phi) is 4.44. The number of para-hydroxylation sites is 1. The molecule has 0 N–H and O–H groups in total. The standard InChI is InChI=1S/C21H21N3O2/c1-23(21(25)16-11-13-24-14-12-22-20(24)15-16)17-7-9-19(10-8-17)26-18-5-3-2-4-6-18/h2-10,12,14,16H,11,13,15H2,1H3. The number of ether oxygens (including phenoxy) is 1. The number of imidazole rings is 1. The third-order valence-electron chi connectivity index (χ3n) is 4.83. The van der Waals surface area contributed by atoms with Crippen LogP contribution in [0.2, 0.25) is 0 Å². The molecule has 3 aromatic rings. The molecule has 0 spiro atoms. The monoisotopic (exact) mass is 347 g/mol. The lowest BCUT2D eigenvalue weighted by Crippen LogP contribution is -2.36. The summed E-state index contributed by atoms with van der Waals surface area (Å²) in [6.45, 7) is 0.851. The molecule has 1 aromatic heterocycles. The zero-order valence-electron chi connectivity index (χ0n) is 14.7. The van der Waals surface area contributed by atoms with Crippen molar-refractivity contribution in [2.24, 2.45) is 5.92 Å². The van der Waals surface area contributed by atoms with Gasteiger partial charge in [-0.1, -0.05) is 18.2 Å². The summed E-state index contributed by atoms with van der Waals surface area (Å²) in [5, 5.41) is 0. The minimum absolute atomic E-state index is 0.0184. The Balaban J connectivity index is 1.43. The van der Waals surface area contributed by atoms with E-state index in [4.69, 9.17) is 4.74 Å². The molecule has 26 heavy (non-hydrogen) atoms. The third kappa shape index (κ3) is 3.33. The fourth-order valence-corrected chi connectivity index (χ4v) is 3.33. The molecule has 2 heterocycles. The van der Waals surface area contributed by atoms with Crippen LogP contribution in [0.4, 0.5) is 5.69 Å². The highest BCUT2D eigenvalue weighted by Crippen LogP contribution is 2.26. The average Bonchev–Trinajstić information content (AvgIpc) is 3.16. The minimum atomic E-state index is -0.0184. The molecule has 0 radical (unpaired) electrons. The van der Waals surface area contributed by atoms with Crippen LogP contribution in [0.5, 0.6) is 11.5 Å². The number of aromatic nitrogens is 2. The van der Waals surface area contributed by atoms with Crippen LogP contribution >= 0.6 is 0 Å². The van der Waals surface area contributed by atoms with E-state index < -0.39 is 0 Å². The molecule has 1 aliphatic heterocycles. The number of aryl methyl sites for hydroxylation is 1. The van der Waals surface area contributed by atoms with Crippen LogP contribution in [0.25, 0.3) is 0 Å². The van der Waals surface area contributed by atoms with Gasteiger partial charge in [0.15, 0.2) is 0 Å². The van der Waals surface area contributed by atoms with Crippen LogP contribution in [0.3, 0.4) is 0 Å². The van der Waals surface area contributed by atoms with E-state index in [1.807, 2.05) is 67.8 Å². The highest BCUT2D eigenvalue weighted by molar-refractivity contribution is 5.94. The molecule has 132 valence electrons. The molecule has 1 atom stereocenters. The highest BCUT2D eigenvalue weighted by Gasteiger charge is 2.28. The SMILES string of the molecule is CN(C(=O)C1CCn2ccnc2C1)c1ccc(Oc2ccccc2)cc1. The van der Waals surface area contributed by atoms with Crippen molar-refractivity contribution in [1.82, 2.24) is 9.55 Å². The van der Waals surface area contributed by atoms with Gasteiger partial charge in [0.05, 0.1) is 0 Å². The van der Waals surface area contributed by atoms with Crippen LogP contribution in [0.15, 0.2) is 67.0 Å². The Labute approximate surface area is 152 Å². The van der Waals surface area contributed by atoms with E-state index in [0.29, 0.717) is 6.42 Å². The van der Waals surface area contributed by atoms with Crippen molar-refractivity contribution in [3.63, 3.8) is 0 Å². The first-order chi connectivity index (χ1) is 12.7. The van der Waals surface area contributed by atoms with Gasteiger partial charge in [-0.15, -0.1) is 0 Å². The first-order valence-electron chi connectivity index (χ1n) is 8.81. The highest BCUT2D eigenvalue weighted by atomic mass is 16.5. The van der Waals surface area contributed by atoms with Crippen LogP contribution < -0.4 is 9.64 Å². The molecule has 0 bridgehead atoms. The van der Waals surface area contributed by atoms with Crippen molar-refractivity contribution in [3.8, 4) is 11.5 Å². The van der Waals surface area contributed by atoms with Crippen molar-refractivity contribution in [2.75, 3.05) is 11.9 Å². The Bertz CT molecular complexity index is 887. The number of amides is 1. The predicted octanol–water partition coefficient (Wildman–Crippen LogP) is 3.90. The number of carbonyl (C=O) groups excluding carboxylic acids is 1. The maximum Gasteiger partial charge on any atom is 0.230 e. The molecule has 1 aliphatic rings. The van der Waals surface area contributed by atoms with Gasteiger partial charge in [-0.05, 0) is 42.8 Å². The molecule has 4 rings (SSSR count). The largest absolute Gasteiger partial charge is 0.457 e. The summed E-state index contributed by atoms with van der Waals surface area (Å²) in [6.07, 6.45) is 5.33. The number of benzene rings is 2. The molecular weight excluding hydrogens is 326 g/mol. The Morgan fingerprint density at radius 2 is 1.85 bits per heavy atom. The van der Waals surface area contributed by atoms with Gasteiger partial charge in [0.2, 0.25) is 5.91 Å². The maximum absolute atomic E-state index is 12.9. The molecule has 1 unspecified atom stereocenters. The van der Waals surface area contributed by atoms with E-state index in [1.165, 1.54) is 0 Å². The molecule has 0 saturated heterocycles. The van der Waals surface area contributed by atoms with Crippen molar-refractivity contribution < 1.29 is 9.53 Å². The molecule has 0 saturated carbocycles. The van der Waals surface area contributed by atoms with Crippen molar-refractivity contribution in [2.45, 2.75) is 19.4 Å². The Morgan fingerprint density at radius 3 is 2.62 bits per heavy atom. The van der Waals surface area contributed by atoms with Gasteiger partial charge in [-0.3, -0.25) is 4.79 Å². The van der Waals surface area contributed by atoms with Gasteiger partial charge in [-0.25, -0.2) is 4.98 Å². The van der Waals surface area contributed by atoms with Gasteiger partial charge >= 0.3 is 0 Å². The second kappa shape index (κ2) is 7.04. The van der Waals surface area contributed by atoms with E-state index in [9.17, 15) is 4.79 Å². The number of hydrogen-bond acceptors (Lipinski definition) is 3. The lowest BCUT2D eigenvalue weighted by atomic mass is 9.96. The van der Waals surface area contributed by atoms with Gasteiger partial charge in [0, 0.05) is 44.0 Å². The van der Waals surface area contributed by atoms with Gasteiger partial charge in [-0.2, -0.15) is 0 Å². The number of carbonyl (C=O) groups is 1. The smallest absolute Gasteiger partial charge is 0.230 e. The second-order valence-electron chi connectivity index (χ2n) is 6.53. The Morgan fingerprint density at radius 1 is 1.12 bits per heavy atom. The number of fused-ring (bicyclic) bond motifs is 1. The molecule has 0 fully saturated rings. The number of hydrogen-bond donors (Lipinski definition) is 0. The predicted molar refractivity (Wildman–Crippen MR) is 100 cm³/mol. The number of rotatable bonds is 4. The fraction of sp³-hybridized carbons (Fsp3) is 0.238. The lowest BCUT2D eigenvalue weighted by molar-refractivity contribution is -0.122. The summed E-state index contributed by atoms with van der Waals surface area (Å²) in [7, 11) is 1.83. The molecule has 5 heteroatoms. The van der Waals surface area contributed by atoms with Gasteiger partial charge < -0.3 is 14.2 Å². The maximum atomic E-state index is 12.9. The van der Waals surface area contributed by atoms with Crippen LogP contribution in [-0.2, 0) is 17.8 Å². The van der Waals surface area contributed by atoms with Crippen molar-refractivity contribution in [1.29, 1.82) is 0 Å². The molecule has 0 aliphatic carbocycles. The third-order valence-corrected chi connectivity index (χ3v) is 4.83. The molecular formula is C21H21N3O2. The molecule has 1 amide bonds. The first kappa shape index (κ1) is 16.4. The van der Waals surface area contributed by atoms with E-state index in [-0.39, 0.29) is 11.8 Å². The van der Waals surface area contributed by atoms with Crippen molar-refractivity contribution >= 4 is 11.6 Å². The van der Waals surface area contributed by atoms with Crippen molar-refractivity contribution in [3.05, 3.63) is 72.8 Å². The summed E-state index contributed by atoms with van der Waals surface area (Å²) in [5.74, 6) is 2.66. The lowest BCUT2D eigenvalue weighted by Gasteiger charge is -2.27. The Hall–Kier alpha value is -3.08. The normalized spacial score (nSPS) is 16.0. The molecule has 5 nitrogen and oxygen atoms in total. The first-order valence-corrected chi connectivity index (χ1v) is 8.81. The summed E-state index contributed by atoms with van der Waals surface area (Å²) >= 11 is 0. The van der Waals surface area contributed by atoms with Crippen LogP contribution in [0.1, 0.15) is 12.2 Å². The summed E-state index contributed by atoms with van der Waals surface area (Å²) in [4.78, 5) is 18.9. The van der Waals surface area contributed by atoms with E-state index in [0.717, 1.165) is 36.0 Å². The fourth-order valence-electron chi connectivity index (χ4n) is 3.33. The zero-order chi connectivity index (χ0) is 17.9. The summed E-state index contributed by atoms with van der Waals surface area (Å²) in [5.41, 5.74) is 0.865. The quantitative estimate of drug-likeness (QED) is 0.719. The number of anilines is 1.